The molecule has 35 heavy (non-hydrogen) atoms. The maximum atomic E-state index is 13.1. The van der Waals surface area contributed by atoms with Crippen molar-refractivity contribution < 1.29 is 27.3 Å². The molecule has 0 aliphatic heterocycles. The van der Waals surface area contributed by atoms with Gasteiger partial charge in [0.2, 0.25) is 5.76 Å². The van der Waals surface area contributed by atoms with Gasteiger partial charge in [-0.1, -0.05) is 11.2 Å². The zero-order valence-corrected chi connectivity index (χ0v) is 19.4. The van der Waals surface area contributed by atoms with Gasteiger partial charge in [-0.3, -0.25) is 9.59 Å². The van der Waals surface area contributed by atoms with Crippen molar-refractivity contribution in [1.29, 1.82) is 0 Å². The van der Waals surface area contributed by atoms with Crippen LogP contribution in [-0.2, 0) is 12.7 Å². The van der Waals surface area contributed by atoms with Crippen molar-refractivity contribution in [3.05, 3.63) is 64.4 Å². The lowest BCUT2D eigenvalue weighted by Gasteiger charge is -2.16. The van der Waals surface area contributed by atoms with Crippen LogP contribution in [0.15, 0.2) is 35.1 Å². The van der Waals surface area contributed by atoms with Crippen LogP contribution in [-0.4, -0.2) is 45.9 Å². The summed E-state index contributed by atoms with van der Waals surface area (Å²) >= 11 is 0. The van der Waals surface area contributed by atoms with Crippen LogP contribution in [0.4, 0.5) is 24.7 Å². The van der Waals surface area contributed by atoms with Gasteiger partial charge in [-0.15, -0.1) is 0 Å². The van der Waals surface area contributed by atoms with E-state index in [4.69, 9.17) is 10.3 Å². The van der Waals surface area contributed by atoms with E-state index in [2.05, 4.69) is 25.8 Å². The average molecular weight is 491 g/mol. The van der Waals surface area contributed by atoms with E-state index in [9.17, 15) is 22.8 Å². The number of nitrogens with zero attached hydrogens (tertiary/aromatic N) is 4. The van der Waals surface area contributed by atoms with E-state index in [-0.39, 0.29) is 34.2 Å². The Labute approximate surface area is 198 Å². The Morgan fingerprint density at radius 2 is 1.89 bits per heavy atom. The van der Waals surface area contributed by atoms with Crippen LogP contribution in [0.3, 0.4) is 0 Å². The quantitative estimate of drug-likeness (QED) is 0.458. The summed E-state index contributed by atoms with van der Waals surface area (Å²) in [6.45, 7) is 3.28. The lowest BCUT2D eigenvalue weighted by Crippen LogP contribution is -2.30. The highest BCUT2D eigenvalue weighted by atomic mass is 19.4. The Kier molecular flexibility index (Phi) is 7.39. The van der Waals surface area contributed by atoms with E-state index in [1.54, 1.807) is 21.0 Å². The number of alkyl halides is 3. The summed E-state index contributed by atoms with van der Waals surface area (Å²) in [6, 6.07) is 4.04. The Morgan fingerprint density at radius 1 is 1.17 bits per heavy atom. The number of nitrogens with one attached hydrogen (secondary N) is 2. The Morgan fingerprint density at radius 3 is 2.54 bits per heavy atom. The Balaban J connectivity index is 1.72. The molecule has 4 N–H and O–H groups in total. The second-order valence-electron chi connectivity index (χ2n) is 8.12. The number of nitrogens with two attached hydrogens (primary N) is 1. The smallest absolute Gasteiger partial charge is 0.383 e. The number of aryl methyl sites for hydroxylation is 1. The third-order valence-electron chi connectivity index (χ3n) is 5.01. The predicted octanol–water partition coefficient (Wildman–Crippen LogP) is 3.18. The summed E-state index contributed by atoms with van der Waals surface area (Å²) in [5.41, 5.74) is 5.79. The minimum absolute atomic E-state index is 0.0289. The van der Waals surface area contributed by atoms with Gasteiger partial charge in [-0.2, -0.15) is 13.2 Å². The number of aromatic nitrogens is 3. The first-order valence-corrected chi connectivity index (χ1v) is 10.4. The fourth-order valence-electron chi connectivity index (χ4n) is 3.23. The first kappa shape index (κ1) is 25.6. The van der Waals surface area contributed by atoms with Crippen molar-refractivity contribution in [3.63, 3.8) is 0 Å². The van der Waals surface area contributed by atoms with Crippen LogP contribution < -0.4 is 16.4 Å². The summed E-state index contributed by atoms with van der Waals surface area (Å²) in [7, 11) is 3.61. The van der Waals surface area contributed by atoms with E-state index in [1.807, 2.05) is 4.90 Å². The molecule has 13 heteroatoms. The van der Waals surface area contributed by atoms with Crippen LogP contribution in [0.1, 0.15) is 56.4 Å². The summed E-state index contributed by atoms with van der Waals surface area (Å²) in [6.07, 6.45) is -3.37. The molecule has 2 amide bonds. The number of nitrogen functional groups attached to an aromatic ring is 1. The first-order chi connectivity index (χ1) is 16.4. The number of anilines is 2. The Hall–Kier alpha value is -4.00. The van der Waals surface area contributed by atoms with Crippen LogP contribution in [0.25, 0.3) is 0 Å². The van der Waals surface area contributed by atoms with Gasteiger partial charge in [-0.25, -0.2) is 9.97 Å². The second-order valence-corrected chi connectivity index (χ2v) is 8.12. The minimum atomic E-state index is -4.56. The molecular formula is C22H24F3N7O3. The van der Waals surface area contributed by atoms with Gasteiger partial charge in [0.15, 0.2) is 0 Å². The number of hydrogen-bond donors (Lipinski definition) is 3. The van der Waals surface area contributed by atoms with E-state index in [0.29, 0.717) is 12.1 Å². The molecule has 0 bridgehead atoms. The molecule has 0 saturated carbocycles. The van der Waals surface area contributed by atoms with E-state index >= 15 is 0 Å². The molecule has 3 aromatic rings. The molecule has 1 atom stereocenters. The number of amides is 2. The zero-order chi connectivity index (χ0) is 25.9. The van der Waals surface area contributed by atoms with Gasteiger partial charge in [0.1, 0.15) is 23.5 Å². The molecule has 0 unspecified atom stereocenters. The number of carbonyl (C=O) groups excluding carboxylic acids is 2. The predicted molar refractivity (Wildman–Crippen MR) is 120 cm³/mol. The number of hydrogen-bond acceptors (Lipinski definition) is 8. The molecule has 3 rings (SSSR count). The van der Waals surface area contributed by atoms with Crippen LogP contribution in [0.2, 0.25) is 0 Å². The van der Waals surface area contributed by atoms with Crippen molar-refractivity contribution in [2.75, 3.05) is 25.1 Å². The van der Waals surface area contributed by atoms with Gasteiger partial charge in [-0.05, 0) is 45.6 Å². The highest BCUT2D eigenvalue weighted by molar-refractivity contribution is 6.02. The second kappa shape index (κ2) is 10.1. The molecule has 2 aromatic heterocycles. The van der Waals surface area contributed by atoms with Crippen LogP contribution >= 0.6 is 0 Å². The molecule has 0 saturated heterocycles. The first-order valence-electron chi connectivity index (χ1n) is 10.4. The van der Waals surface area contributed by atoms with Crippen molar-refractivity contribution in [1.82, 2.24) is 25.3 Å². The minimum Gasteiger partial charge on any atom is -0.383 e. The van der Waals surface area contributed by atoms with Gasteiger partial charge in [0, 0.05) is 23.9 Å². The van der Waals surface area contributed by atoms with Gasteiger partial charge in [0.05, 0.1) is 11.6 Å². The lowest BCUT2D eigenvalue weighted by atomic mass is 10.1. The summed E-state index contributed by atoms with van der Waals surface area (Å²) in [4.78, 5) is 35.0. The molecular weight excluding hydrogens is 467 g/mol. The van der Waals surface area contributed by atoms with Crippen LogP contribution in [0, 0.1) is 6.92 Å². The topological polar surface area (TPSA) is 139 Å². The summed E-state index contributed by atoms with van der Waals surface area (Å²) in [5, 5.41) is 8.84. The molecule has 0 aliphatic rings. The van der Waals surface area contributed by atoms with Crippen LogP contribution in [0.5, 0.6) is 0 Å². The average Bonchev–Trinajstić information content (AvgIpc) is 3.26. The van der Waals surface area contributed by atoms with Gasteiger partial charge >= 0.3 is 6.18 Å². The molecule has 0 spiro atoms. The maximum absolute atomic E-state index is 13.1. The Bertz CT molecular complexity index is 1240. The summed E-state index contributed by atoms with van der Waals surface area (Å²) < 4.78 is 44.4. The molecule has 0 aliphatic carbocycles. The fourth-order valence-corrected chi connectivity index (χ4v) is 3.23. The largest absolute Gasteiger partial charge is 0.416 e. The molecule has 1 aromatic carbocycles. The monoisotopic (exact) mass is 491 g/mol. The van der Waals surface area contributed by atoms with Crippen molar-refractivity contribution in [2.45, 2.75) is 32.6 Å². The standard InChI is InChI=1S/C22H24F3N7O3/c1-11-5-6-13(7-15(11)22(23,24)25)30-20(33)17-8-16(31-35-17)12(2)29-21(34)18-14(9-32(3)4)19(26)28-10-27-18/h5-8,10,12H,9H2,1-4H3,(H,29,34)(H,30,33)(H2,26,27,28)/t12-/m1/s1. The maximum Gasteiger partial charge on any atom is 0.416 e. The molecule has 0 fully saturated rings. The van der Waals surface area contributed by atoms with E-state index < -0.39 is 29.6 Å². The van der Waals surface area contributed by atoms with E-state index in [1.165, 1.54) is 31.5 Å². The van der Waals surface area contributed by atoms with Gasteiger partial charge < -0.3 is 25.8 Å². The highest BCUT2D eigenvalue weighted by Gasteiger charge is 2.32. The molecule has 186 valence electrons. The normalized spacial score (nSPS) is 12.5. The number of rotatable bonds is 7. The molecule has 10 nitrogen and oxygen atoms in total. The fraction of sp³-hybridized carbons (Fsp3) is 0.318. The van der Waals surface area contributed by atoms with Crippen molar-refractivity contribution in [3.8, 4) is 0 Å². The third kappa shape index (κ3) is 6.12. The van der Waals surface area contributed by atoms with Gasteiger partial charge in [0.25, 0.3) is 11.8 Å². The number of benzene rings is 1. The third-order valence-corrected chi connectivity index (χ3v) is 5.01. The molecule has 2 heterocycles. The lowest BCUT2D eigenvalue weighted by molar-refractivity contribution is -0.138. The summed E-state index contributed by atoms with van der Waals surface area (Å²) in [5.74, 6) is -1.39. The SMILES string of the molecule is Cc1ccc(NC(=O)c2cc([C@@H](C)NC(=O)c3ncnc(N)c3CN(C)C)no2)cc1C(F)(F)F. The van der Waals surface area contributed by atoms with Crippen molar-refractivity contribution >= 4 is 23.3 Å². The van der Waals surface area contributed by atoms with E-state index in [0.717, 1.165) is 6.07 Å². The number of halogens is 3. The molecule has 0 radical (unpaired) electrons. The zero-order valence-electron chi connectivity index (χ0n) is 19.4. The van der Waals surface area contributed by atoms with Crippen molar-refractivity contribution in [2.24, 2.45) is 0 Å². The highest BCUT2D eigenvalue weighted by Crippen LogP contribution is 2.33. The number of carbonyl (C=O) groups is 2.